The van der Waals surface area contributed by atoms with Crippen molar-refractivity contribution < 1.29 is 4.79 Å². The number of fused-ring (bicyclic) bond motifs is 1. The lowest BCUT2D eigenvalue weighted by Crippen LogP contribution is -2.44. The van der Waals surface area contributed by atoms with Crippen LogP contribution in [0.2, 0.25) is 0 Å². The van der Waals surface area contributed by atoms with Gasteiger partial charge in [-0.2, -0.15) is 0 Å². The summed E-state index contributed by atoms with van der Waals surface area (Å²) >= 11 is 0. The van der Waals surface area contributed by atoms with Crippen molar-refractivity contribution in [1.82, 2.24) is 15.6 Å². The molecule has 2 heterocycles. The summed E-state index contributed by atoms with van der Waals surface area (Å²) in [7, 11) is 0. The van der Waals surface area contributed by atoms with Crippen LogP contribution in [0.15, 0.2) is 24.5 Å². The van der Waals surface area contributed by atoms with Crippen molar-refractivity contribution in [2.45, 2.75) is 64.0 Å². The zero-order valence-electron chi connectivity index (χ0n) is 14.3. The average molecular weight is 315 g/mol. The van der Waals surface area contributed by atoms with E-state index < -0.39 is 0 Å². The Morgan fingerprint density at radius 2 is 2.22 bits per heavy atom. The van der Waals surface area contributed by atoms with Gasteiger partial charge in [0.15, 0.2) is 0 Å². The smallest absolute Gasteiger partial charge is 0.237 e. The first-order chi connectivity index (χ1) is 11.1. The molecule has 23 heavy (non-hydrogen) atoms. The number of rotatable bonds is 5. The molecule has 3 rings (SSSR count). The van der Waals surface area contributed by atoms with E-state index in [1.54, 1.807) is 6.20 Å². The molecule has 1 saturated carbocycles. The summed E-state index contributed by atoms with van der Waals surface area (Å²) in [4.78, 5) is 16.8. The van der Waals surface area contributed by atoms with Crippen LogP contribution >= 0.6 is 0 Å². The van der Waals surface area contributed by atoms with Crippen molar-refractivity contribution in [3.63, 3.8) is 0 Å². The number of pyridine rings is 1. The minimum absolute atomic E-state index is 0.00445. The second kappa shape index (κ2) is 7.43. The molecule has 2 aliphatic rings. The van der Waals surface area contributed by atoms with Gasteiger partial charge in [-0.15, -0.1) is 0 Å². The number of nitrogens with one attached hydrogen (secondary N) is 2. The second-order valence-corrected chi connectivity index (χ2v) is 7.49. The molecule has 4 nitrogen and oxygen atoms in total. The molecular formula is C19H29N3O. The normalized spacial score (nSPS) is 28.4. The van der Waals surface area contributed by atoms with Crippen LogP contribution in [0.5, 0.6) is 0 Å². The molecule has 1 aromatic heterocycles. The predicted molar refractivity (Wildman–Crippen MR) is 92.1 cm³/mol. The molecule has 126 valence electrons. The van der Waals surface area contributed by atoms with Crippen LogP contribution in [0.1, 0.15) is 57.4 Å². The highest BCUT2D eigenvalue weighted by atomic mass is 16.2. The predicted octanol–water partition coefficient (Wildman–Crippen LogP) is 2.86. The van der Waals surface area contributed by atoms with Crippen molar-refractivity contribution in [2.24, 2.45) is 11.8 Å². The maximum atomic E-state index is 12.6. The summed E-state index contributed by atoms with van der Waals surface area (Å²) in [5.74, 6) is 1.67. The van der Waals surface area contributed by atoms with Crippen LogP contribution in [0.25, 0.3) is 0 Å². The van der Waals surface area contributed by atoms with Crippen molar-refractivity contribution >= 4 is 5.91 Å². The monoisotopic (exact) mass is 315 g/mol. The summed E-state index contributed by atoms with van der Waals surface area (Å²) in [6.45, 7) is 5.09. The largest absolute Gasteiger partial charge is 0.354 e. The summed E-state index contributed by atoms with van der Waals surface area (Å²) < 4.78 is 0. The van der Waals surface area contributed by atoms with Crippen LogP contribution < -0.4 is 10.6 Å². The van der Waals surface area contributed by atoms with Crippen molar-refractivity contribution in [2.75, 3.05) is 6.54 Å². The van der Waals surface area contributed by atoms with Crippen LogP contribution in [0.3, 0.4) is 0 Å². The van der Waals surface area contributed by atoms with Crippen molar-refractivity contribution in [1.29, 1.82) is 0 Å². The molecule has 1 amide bonds. The summed E-state index contributed by atoms with van der Waals surface area (Å²) in [6, 6.07) is 4.64. The Morgan fingerprint density at radius 1 is 1.39 bits per heavy atom. The van der Waals surface area contributed by atoms with E-state index in [0.29, 0.717) is 30.3 Å². The summed E-state index contributed by atoms with van der Waals surface area (Å²) in [5.41, 5.74) is 1.20. The molecule has 4 heteroatoms. The molecule has 4 atom stereocenters. The van der Waals surface area contributed by atoms with E-state index in [4.69, 9.17) is 0 Å². The second-order valence-electron chi connectivity index (χ2n) is 7.49. The van der Waals surface area contributed by atoms with Crippen LogP contribution in [-0.2, 0) is 4.79 Å². The Morgan fingerprint density at radius 3 is 2.91 bits per heavy atom. The molecule has 0 radical (unpaired) electrons. The first-order valence-corrected chi connectivity index (χ1v) is 9.09. The van der Waals surface area contributed by atoms with Gasteiger partial charge in [-0.3, -0.25) is 9.78 Å². The number of carbonyl (C=O) groups is 1. The fourth-order valence-electron chi connectivity index (χ4n) is 4.19. The van der Waals surface area contributed by atoms with Gasteiger partial charge in [0.2, 0.25) is 5.91 Å². The molecule has 4 unspecified atom stereocenters. The van der Waals surface area contributed by atoms with Gasteiger partial charge in [0.25, 0.3) is 0 Å². The summed E-state index contributed by atoms with van der Waals surface area (Å²) in [6.07, 6.45) is 9.87. The van der Waals surface area contributed by atoms with Crippen LogP contribution in [-0.4, -0.2) is 29.5 Å². The zero-order chi connectivity index (χ0) is 16.2. The minimum atomic E-state index is 0.00445. The van der Waals surface area contributed by atoms with Crippen molar-refractivity contribution in [3.05, 3.63) is 30.1 Å². The van der Waals surface area contributed by atoms with Gasteiger partial charge in [0.05, 0.1) is 6.04 Å². The fourth-order valence-corrected chi connectivity index (χ4v) is 4.19. The van der Waals surface area contributed by atoms with E-state index >= 15 is 0 Å². The van der Waals surface area contributed by atoms with E-state index in [2.05, 4.69) is 35.5 Å². The molecule has 2 fully saturated rings. The molecule has 0 spiro atoms. The molecule has 0 aromatic carbocycles. The lowest BCUT2D eigenvalue weighted by Gasteiger charge is -2.24. The number of aromatic nitrogens is 1. The topological polar surface area (TPSA) is 54.0 Å². The standard InChI is InChI=1S/C19H29N3O/c1-13(2)16(15-7-5-9-20-11-15)12-21-19(23)18-10-14-6-3-4-8-17(14)22-18/h5,7,9,11,13-14,16-18,22H,3-4,6,8,10,12H2,1-2H3,(H,21,23). The first-order valence-electron chi connectivity index (χ1n) is 9.09. The third kappa shape index (κ3) is 3.92. The Balaban J connectivity index is 1.55. The Kier molecular flexibility index (Phi) is 5.31. The number of nitrogens with zero attached hydrogens (tertiary/aromatic N) is 1. The van der Waals surface area contributed by atoms with Gasteiger partial charge in [0.1, 0.15) is 0 Å². The van der Waals surface area contributed by atoms with Gasteiger partial charge in [-0.1, -0.05) is 32.8 Å². The summed E-state index contributed by atoms with van der Waals surface area (Å²) in [5, 5.41) is 6.75. The van der Waals surface area contributed by atoms with Gasteiger partial charge >= 0.3 is 0 Å². The van der Waals surface area contributed by atoms with Crippen molar-refractivity contribution in [3.8, 4) is 0 Å². The molecule has 0 bridgehead atoms. The third-order valence-corrected chi connectivity index (χ3v) is 5.59. The molecule has 1 saturated heterocycles. The Bertz CT molecular complexity index is 503. The highest BCUT2D eigenvalue weighted by Crippen LogP contribution is 2.33. The van der Waals surface area contributed by atoms with E-state index in [-0.39, 0.29) is 11.9 Å². The van der Waals surface area contributed by atoms with E-state index in [0.717, 1.165) is 6.42 Å². The SMILES string of the molecule is CC(C)C(CNC(=O)C1CC2CCCCC2N1)c1cccnc1. The Hall–Kier alpha value is -1.42. The Labute approximate surface area is 139 Å². The molecule has 1 aliphatic carbocycles. The van der Waals surface area contributed by atoms with Crippen LogP contribution in [0, 0.1) is 11.8 Å². The highest BCUT2D eigenvalue weighted by Gasteiger charge is 2.38. The lowest BCUT2D eigenvalue weighted by atomic mass is 9.85. The highest BCUT2D eigenvalue weighted by molar-refractivity contribution is 5.82. The molecular weight excluding hydrogens is 286 g/mol. The average Bonchev–Trinajstić information content (AvgIpc) is 2.99. The molecule has 2 N–H and O–H groups in total. The van der Waals surface area contributed by atoms with E-state index in [9.17, 15) is 4.79 Å². The van der Waals surface area contributed by atoms with E-state index in [1.165, 1.54) is 31.2 Å². The maximum Gasteiger partial charge on any atom is 0.237 e. The maximum absolute atomic E-state index is 12.6. The number of hydrogen-bond acceptors (Lipinski definition) is 3. The van der Waals surface area contributed by atoms with Crippen LogP contribution in [0.4, 0.5) is 0 Å². The van der Waals surface area contributed by atoms with E-state index in [1.807, 2.05) is 12.3 Å². The van der Waals surface area contributed by atoms with Gasteiger partial charge < -0.3 is 10.6 Å². The number of amides is 1. The molecule has 1 aromatic rings. The minimum Gasteiger partial charge on any atom is -0.354 e. The number of hydrogen-bond donors (Lipinski definition) is 2. The fraction of sp³-hybridized carbons (Fsp3) is 0.684. The van der Waals surface area contributed by atoms with Gasteiger partial charge in [-0.25, -0.2) is 0 Å². The first kappa shape index (κ1) is 16.4. The number of carbonyl (C=O) groups excluding carboxylic acids is 1. The van der Waals surface area contributed by atoms with Gasteiger partial charge in [-0.05, 0) is 42.7 Å². The molecule has 1 aliphatic heterocycles. The lowest BCUT2D eigenvalue weighted by molar-refractivity contribution is -0.123. The van der Waals surface area contributed by atoms with Gasteiger partial charge in [0, 0.05) is 30.9 Å². The quantitative estimate of drug-likeness (QED) is 0.878. The third-order valence-electron chi connectivity index (χ3n) is 5.59. The zero-order valence-corrected chi connectivity index (χ0v) is 14.3.